The van der Waals surface area contributed by atoms with E-state index in [1.54, 1.807) is 4.90 Å². The first-order chi connectivity index (χ1) is 12.8. The van der Waals surface area contributed by atoms with Crippen molar-refractivity contribution in [1.29, 1.82) is 0 Å². The van der Waals surface area contributed by atoms with E-state index >= 15 is 0 Å². The van der Waals surface area contributed by atoms with Gasteiger partial charge in [0.25, 0.3) is 5.91 Å². The molecule has 0 saturated carbocycles. The van der Waals surface area contributed by atoms with Crippen LogP contribution >= 0.6 is 11.3 Å². The Morgan fingerprint density at radius 1 is 0.885 bits per heavy atom. The normalized spacial score (nSPS) is 17.2. The predicted molar refractivity (Wildman–Crippen MR) is 105 cm³/mol. The number of nitrogens with one attached hydrogen (secondary N) is 1. The van der Waals surface area contributed by atoms with Crippen LogP contribution in [0, 0.1) is 0 Å². The average molecular weight is 361 g/mol. The number of thiophene rings is 1. The second-order valence-electron chi connectivity index (χ2n) is 7.04. The van der Waals surface area contributed by atoms with Gasteiger partial charge < -0.3 is 9.80 Å². The van der Waals surface area contributed by atoms with E-state index in [9.17, 15) is 4.79 Å². The molecule has 1 aromatic heterocycles. The van der Waals surface area contributed by atoms with E-state index in [0.29, 0.717) is 6.04 Å². The largest absolute Gasteiger partial charge is 0.327 e. The maximum atomic E-state index is 12.6. The maximum absolute atomic E-state index is 12.6. The highest BCUT2D eigenvalue weighted by molar-refractivity contribution is 7.12. The molecule has 0 spiro atoms. The van der Waals surface area contributed by atoms with Crippen LogP contribution in [0.25, 0.3) is 11.1 Å². The molecule has 26 heavy (non-hydrogen) atoms. The predicted octanol–water partition coefficient (Wildman–Crippen LogP) is 2.86. The van der Waals surface area contributed by atoms with Crippen molar-refractivity contribution in [2.45, 2.75) is 6.04 Å². The summed E-state index contributed by atoms with van der Waals surface area (Å²) >= 11 is 1.53. The first-order valence-corrected chi connectivity index (χ1v) is 10.1. The van der Waals surface area contributed by atoms with Crippen LogP contribution in [0.3, 0.4) is 0 Å². The number of benzene rings is 2. The molecule has 3 nitrogen and oxygen atoms in total. The van der Waals surface area contributed by atoms with E-state index in [4.69, 9.17) is 0 Å². The number of piperazine rings is 1. The second-order valence-corrected chi connectivity index (χ2v) is 7.98. The van der Waals surface area contributed by atoms with Gasteiger partial charge in [-0.1, -0.05) is 54.6 Å². The molecule has 0 radical (unpaired) electrons. The molecule has 5 rings (SSSR count). The zero-order valence-corrected chi connectivity index (χ0v) is 15.3. The Kier molecular flexibility index (Phi) is 3.88. The Balaban J connectivity index is 1.39. The average Bonchev–Trinajstić information content (AvgIpc) is 3.34. The molecule has 1 N–H and O–H groups in total. The van der Waals surface area contributed by atoms with E-state index in [0.717, 1.165) is 31.1 Å². The zero-order chi connectivity index (χ0) is 17.5. The third-order valence-electron chi connectivity index (χ3n) is 5.67. The van der Waals surface area contributed by atoms with Gasteiger partial charge in [0.15, 0.2) is 0 Å². The van der Waals surface area contributed by atoms with Gasteiger partial charge in [0.05, 0.1) is 31.1 Å². The summed E-state index contributed by atoms with van der Waals surface area (Å²) in [7, 11) is 0. The van der Waals surface area contributed by atoms with Gasteiger partial charge in [-0.05, 0) is 22.6 Å². The van der Waals surface area contributed by atoms with Crippen LogP contribution < -0.4 is 4.90 Å². The SMILES string of the molecule is O=C(c1cccs1)N1CC[NH+](C2c3ccccc3-c3ccccc32)CC1. The third kappa shape index (κ3) is 2.49. The molecule has 2 heterocycles. The van der Waals surface area contributed by atoms with Crippen LogP contribution in [-0.4, -0.2) is 37.0 Å². The van der Waals surface area contributed by atoms with Gasteiger partial charge in [-0.15, -0.1) is 11.3 Å². The molecular formula is C22H21N2OS+. The first-order valence-electron chi connectivity index (χ1n) is 9.18. The van der Waals surface area contributed by atoms with Crippen molar-refractivity contribution in [3.8, 4) is 11.1 Å². The fourth-order valence-electron chi connectivity index (χ4n) is 4.44. The van der Waals surface area contributed by atoms with Crippen molar-refractivity contribution in [1.82, 2.24) is 4.90 Å². The summed E-state index contributed by atoms with van der Waals surface area (Å²) in [6, 6.07) is 21.8. The van der Waals surface area contributed by atoms with Crippen LogP contribution in [0.15, 0.2) is 66.0 Å². The molecule has 2 aromatic carbocycles. The van der Waals surface area contributed by atoms with Crippen molar-refractivity contribution in [2.75, 3.05) is 26.2 Å². The monoisotopic (exact) mass is 361 g/mol. The quantitative estimate of drug-likeness (QED) is 0.746. The first kappa shape index (κ1) is 15.8. The van der Waals surface area contributed by atoms with Gasteiger partial charge in [0.1, 0.15) is 6.04 Å². The zero-order valence-electron chi connectivity index (χ0n) is 14.5. The number of hydrogen-bond donors (Lipinski definition) is 1. The maximum Gasteiger partial charge on any atom is 0.264 e. The van der Waals surface area contributed by atoms with Crippen LogP contribution in [0.1, 0.15) is 26.8 Å². The number of hydrogen-bond acceptors (Lipinski definition) is 2. The van der Waals surface area contributed by atoms with E-state index in [-0.39, 0.29) is 5.91 Å². The number of rotatable bonds is 2. The molecule has 1 amide bonds. The summed E-state index contributed by atoms with van der Waals surface area (Å²) < 4.78 is 0. The lowest BCUT2D eigenvalue weighted by Gasteiger charge is -2.35. The van der Waals surface area contributed by atoms with Crippen LogP contribution in [0.5, 0.6) is 0 Å². The number of quaternary nitrogens is 1. The summed E-state index contributed by atoms with van der Waals surface area (Å²) in [5.41, 5.74) is 5.61. The highest BCUT2D eigenvalue weighted by Gasteiger charge is 2.38. The Hall–Kier alpha value is -2.43. The summed E-state index contributed by atoms with van der Waals surface area (Å²) in [6.45, 7) is 3.63. The van der Waals surface area contributed by atoms with E-state index < -0.39 is 0 Å². The molecule has 1 aliphatic heterocycles. The smallest absolute Gasteiger partial charge is 0.264 e. The van der Waals surface area contributed by atoms with Crippen molar-refractivity contribution in [3.05, 3.63) is 82.0 Å². The van der Waals surface area contributed by atoms with Gasteiger partial charge >= 0.3 is 0 Å². The minimum absolute atomic E-state index is 0.186. The molecular weight excluding hydrogens is 340 g/mol. The van der Waals surface area contributed by atoms with Crippen molar-refractivity contribution in [2.24, 2.45) is 0 Å². The Morgan fingerprint density at radius 3 is 2.08 bits per heavy atom. The molecule has 1 fully saturated rings. The Bertz CT molecular complexity index is 897. The fraction of sp³-hybridized carbons (Fsp3) is 0.227. The van der Waals surface area contributed by atoms with Gasteiger partial charge in [-0.3, -0.25) is 4.79 Å². The second kappa shape index (κ2) is 6.38. The molecule has 1 aliphatic carbocycles. The molecule has 1 saturated heterocycles. The van der Waals surface area contributed by atoms with E-state index in [2.05, 4.69) is 48.5 Å². The number of carbonyl (C=O) groups excluding carboxylic acids is 1. The molecule has 3 aromatic rings. The lowest BCUT2D eigenvalue weighted by molar-refractivity contribution is -0.928. The Morgan fingerprint density at radius 2 is 1.50 bits per heavy atom. The number of amides is 1. The number of nitrogens with zero attached hydrogens (tertiary/aromatic N) is 1. The van der Waals surface area contributed by atoms with Crippen molar-refractivity contribution in [3.63, 3.8) is 0 Å². The summed E-state index contributed by atoms with van der Waals surface area (Å²) in [6.07, 6.45) is 0. The van der Waals surface area contributed by atoms with Gasteiger partial charge in [-0.25, -0.2) is 0 Å². The summed E-state index contributed by atoms with van der Waals surface area (Å²) in [5, 5.41) is 1.97. The third-order valence-corrected chi connectivity index (χ3v) is 6.52. The molecule has 0 atom stereocenters. The number of carbonyl (C=O) groups is 1. The molecule has 0 unspecified atom stereocenters. The van der Waals surface area contributed by atoms with Crippen LogP contribution in [-0.2, 0) is 0 Å². The van der Waals surface area contributed by atoms with E-state index in [1.807, 2.05) is 22.4 Å². The van der Waals surface area contributed by atoms with Crippen LogP contribution in [0.4, 0.5) is 0 Å². The standard InChI is InChI=1S/C22H20N2OS/c25-22(20-10-5-15-26-20)24-13-11-23(12-14-24)21-18-8-3-1-6-16(18)17-7-2-4-9-19(17)21/h1-10,15,21H,11-14H2/p+1. The molecule has 130 valence electrons. The number of fused-ring (bicyclic) bond motifs is 3. The van der Waals surface area contributed by atoms with Crippen molar-refractivity contribution >= 4 is 17.2 Å². The molecule has 2 aliphatic rings. The van der Waals surface area contributed by atoms with Crippen molar-refractivity contribution < 1.29 is 9.69 Å². The lowest BCUT2D eigenvalue weighted by atomic mass is 10.0. The Labute approximate surface area is 157 Å². The summed E-state index contributed by atoms with van der Waals surface area (Å²) in [4.78, 5) is 17.0. The van der Waals surface area contributed by atoms with Gasteiger partial charge in [0, 0.05) is 11.1 Å². The highest BCUT2D eigenvalue weighted by atomic mass is 32.1. The minimum atomic E-state index is 0.186. The topological polar surface area (TPSA) is 24.8 Å². The van der Waals surface area contributed by atoms with E-state index in [1.165, 1.54) is 33.6 Å². The summed E-state index contributed by atoms with van der Waals surface area (Å²) in [5.74, 6) is 0.186. The molecule has 0 bridgehead atoms. The lowest BCUT2D eigenvalue weighted by Crippen LogP contribution is -3.15. The van der Waals surface area contributed by atoms with Gasteiger partial charge in [-0.2, -0.15) is 0 Å². The molecule has 4 heteroatoms. The highest BCUT2D eigenvalue weighted by Crippen LogP contribution is 2.41. The fourth-order valence-corrected chi connectivity index (χ4v) is 5.13. The van der Waals surface area contributed by atoms with Crippen LogP contribution in [0.2, 0.25) is 0 Å². The van der Waals surface area contributed by atoms with Gasteiger partial charge in [0.2, 0.25) is 0 Å². The minimum Gasteiger partial charge on any atom is -0.327 e.